The molecular weight excluding hydrogens is 245 g/mol. The van der Waals surface area contributed by atoms with Crippen LogP contribution < -0.4 is 5.73 Å². The molecule has 0 saturated carbocycles. The fourth-order valence-corrected chi connectivity index (χ4v) is 2.33. The first-order valence-electron chi connectivity index (χ1n) is 6.18. The van der Waals surface area contributed by atoms with E-state index in [0.29, 0.717) is 32.6 Å². The summed E-state index contributed by atoms with van der Waals surface area (Å²) in [6.07, 6.45) is -2.76. The maximum atomic E-state index is 12.2. The molecule has 1 rings (SSSR count). The molecule has 0 bridgehead atoms. The number of nitrogens with one attached hydrogen (secondary N) is 1. The van der Waals surface area contributed by atoms with Gasteiger partial charge in [0.2, 0.25) is 0 Å². The molecule has 4 nitrogen and oxygen atoms in total. The van der Waals surface area contributed by atoms with Crippen LogP contribution in [0.3, 0.4) is 0 Å². The summed E-state index contributed by atoms with van der Waals surface area (Å²) in [6, 6.07) is 0.176. The highest BCUT2D eigenvalue weighted by Crippen LogP contribution is 2.19. The first-order chi connectivity index (χ1) is 8.31. The first kappa shape index (κ1) is 15.2. The Labute approximate surface area is 105 Å². The normalized spacial score (nSPS) is 20.9. The molecule has 18 heavy (non-hydrogen) atoms. The lowest BCUT2D eigenvalue weighted by molar-refractivity contribution is -0.149. The monoisotopic (exact) mass is 266 g/mol. The zero-order valence-electron chi connectivity index (χ0n) is 10.6. The molecule has 0 radical (unpaired) electrons. The average Bonchev–Trinajstić information content (AvgIpc) is 2.24. The molecule has 0 spiro atoms. The Morgan fingerprint density at radius 2 is 1.83 bits per heavy atom. The molecule has 1 heterocycles. The van der Waals surface area contributed by atoms with Gasteiger partial charge in [-0.3, -0.25) is 15.2 Å². The predicted octanol–water partition coefficient (Wildman–Crippen LogP) is 1.27. The van der Waals surface area contributed by atoms with E-state index in [1.807, 2.05) is 6.92 Å². The Morgan fingerprint density at radius 3 is 2.22 bits per heavy atom. The Kier molecular flexibility index (Phi) is 5.40. The zero-order valence-corrected chi connectivity index (χ0v) is 10.6. The minimum Gasteiger partial charge on any atom is -0.388 e. The standard InChI is InChI=1S/C11H21F3N4/c1-2-9(7-10(15)16)18-5-3-17(4-6-18)8-11(12,13)14/h9H,2-8H2,1H3,(H3,15,16). The van der Waals surface area contributed by atoms with Gasteiger partial charge in [0.05, 0.1) is 12.4 Å². The van der Waals surface area contributed by atoms with Gasteiger partial charge in [-0.25, -0.2) is 0 Å². The minimum absolute atomic E-state index is 0.138. The van der Waals surface area contributed by atoms with Crippen LogP contribution in [0.2, 0.25) is 0 Å². The molecule has 0 aromatic heterocycles. The summed E-state index contributed by atoms with van der Waals surface area (Å²) < 4.78 is 36.7. The van der Waals surface area contributed by atoms with E-state index in [0.717, 1.165) is 6.42 Å². The lowest BCUT2D eigenvalue weighted by Crippen LogP contribution is -2.52. The summed E-state index contributed by atoms with van der Waals surface area (Å²) in [4.78, 5) is 3.56. The van der Waals surface area contributed by atoms with Crippen molar-refractivity contribution in [1.29, 1.82) is 5.41 Å². The highest BCUT2D eigenvalue weighted by Gasteiger charge is 2.33. The molecule has 1 aliphatic heterocycles. The maximum absolute atomic E-state index is 12.2. The van der Waals surface area contributed by atoms with Gasteiger partial charge in [-0.1, -0.05) is 6.92 Å². The van der Waals surface area contributed by atoms with Gasteiger partial charge in [-0.05, 0) is 6.42 Å². The van der Waals surface area contributed by atoms with Crippen molar-refractivity contribution >= 4 is 5.84 Å². The van der Waals surface area contributed by atoms with Crippen LogP contribution in [-0.4, -0.2) is 60.6 Å². The summed E-state index contributed by atoms with van der Waals surface area (Å²) in [5.74, 6) is 0.138. The lowest BCUT2D eigenvalue weighted by Gasteiger charge is -2.39. The number of halogens is 3. The van der Waals surface area contributed by atoms with Crippen LogP contribution in [-0.2, 0) is 0 Å². The number of rotatable bonds is 5. The van der Waals surface area contributed by atoms with Crippen molar-refractivity contribution in [2.75, 3.05) is 32.7 Å². The number of piperazine rings is 1. The summed E-state index contributed by atoms with van der Waals surface area (Å²) in [6.45, 7) is 3.26. The molecule has 106 valence electrons. The molecule has 3 N–H and O–H groups in total. The van der Waals surface area contributed by atoms with Crippen molar-refractivity contribution in [2.24, 2.45) is 5.73 Å². The van der Waals surface area contributed by atoms with Crippen LogP contribution in [0.25, 0.3) is 0 Å². The largest absolute Gasteiger partial charge is 0.401 e. The highest BCUT2D eigenvalue weighted by molar-refractivity contribution is 5.77. The van der Waals surface area contributed by atoms with Crippen LogP contribution in [0.1, 0.15) is 19.8 Å². The van der Waals surface area contributed by atoms with E-state index in [9.17, 15) is 13.2 Å². The quantitative estimate of drug-likeness (QED) is 0.582. The summed E-state index contributed by atoms with van der Waals surface area (Å²) in [5, 5.41) is 7.30. The smallest absolute Gasteiger partial charge is 0.388 e. The molecule has 1 fully saturated rings. The number of nitrogens with zero attached hydrogens (tertiary/aromatic N) is 2. The second-order valence-corrected chi connectivity index (χ2v) is 4.72. The molecule has 1 saturated heterocycles. The predicted molar refractivity (Wildman–Crippen MR) is 64.7 cm³/mol. The number of hydrogen-bond donors (Lipinski definition) is 2. The third kappa shape index (κ3) is 5.22. The van der Waals surface area contributed by atoms with Gasteiger partial charge in [-0.2, -0.15) is 13.2 Å². The summed E-state index contributed by atoms with van der Waals surface area (Å²) in [5.41, 5.74) is 5.38. The van der Waals surface area contributed by atoms with Crippen molar-refractivity contribution in [3.05, 3.63) is 0 Å². The molecule has 1 atom stereocenters. The summed E-state index contributed by atoms with van der Waals surface area (Å²) >= 11 is 0. The molecule has 0 amide bonds. The minimum atomic E-state index is -4.12. The number of hydrogen-bond acceptors (Lipinski definition) is 3. The van der Waals surface area contributed by atoms with Gasteiger partial charge in [-0.15, -0.1) is 0 Å². The van der Waals surface area contributed by atoms with E-state index in [-0.39, 0.29) is 11.9 Å². The molecule has 7 heteroatoms. The van der Waals surface area contributed by atoms with E-state index < -0.39 is 12.7 Å². The van der Waals surface area contributed by atoms with Crippen molar-refractivity contribution in [2.45, 2.75) is 32.0 Å². The number of amidine groups is 1. The highest BCUT2D eigenvalue weighted by atomic mass is 19.4. The third-order valence-corrected chi connectivity index (χ3v) is 3.25. The van der Waals surface area contributed by atoms with Crippen molar-refractivity contribution in [3.63, 3.8) is 0 Å². The zero-order chi connectivity index (χ0) is 13.8. The maximum Gasteiger partial charge on any atom is 0.401 e. The van der Waals surface area contributed by atoms with Crippen LogP contribution in [0.4, 0.5) is 13.2 Å². The molecule has 1 unspecified atom stereocenters. The molecule has 0 aromatic carbocycles. The molecular formula is C11H21F3N4. The van der Waals surface area contributed by atoms with Gasteiger partial charge in [0.1, 0.15) is 0 Å². The van der Waals surface area contributed by atoms with Gasteiger partial charge in [0.25, 0.3) is 0 Å². The Bertz CT molecular complexity index is 272. The second kappa shape index (κ2) is 6.38. The third-order valence-electron chi connectivity index (χ3n) is 3.25. The fourth-order valence-electron chi connectivity index (χ4n) is 2.33. The van der Waals surface area contributed by atoms with Crippen LogP contribution in [0.15, 0.2) is 0 Å². The van der Waals surface area contributed by atoms with Gasteiger partial charge in [0.15, 0.2) is 0 Å². The van der Waals surface area contributed by atoms with Crippen molar-refractivity contribution < 1.29 is 13.2 Å². The van der Waals surface area contributed by atoms with E-state index in [4.69, 9.17) is 11.1 Å². The molecule has 0 aromatic rings. The van der Waals surface area contributed by atoms with Crippen LogP contribution in [0, 0.1) is 5.41 Å². The first-order valence-corrected chi connectivity index (χ1v) is 6.18. The van der Waals surface area contributed by atoms with Crippen LogP contribution >= 0.6 is 0 Å². The number of alkyl halides is 3. The summed E-state index contributed by atoms with van der Waals surface area (Å²) in [7, 11) is 0. The second-order valence-electron chi connectivity index (χ2n) is 4.72. The Balaban J connectivity index is 2.40. The van der Waals surface area contributed by atoms with E-state index in [1.165, 1.54) is 4.90 Å². The Hall–Kier alpha value is -0.820. The van der Waals surface area contributed by atoms with E-state index >= 15 is 0 Å². The number of nitrogens with two attached hydrogens (primary N) is 1. The SMILES string of the molecule is CCC(CC(=N)N)N1CCN(CC(F)(F)F)CC1. The average molecular weight is 266 g/mol. The molecule has 0 aliphatic carbocycles. The topological polar surface area (TPSA) is 56.4 Å². The van der Waals surface area contributed by atoms with Gasteiger partial charge >= 0.3 is 6.18 Å². The van der Waals surface area contributed by atoms with E-state index in [1.54, 1.807) is 0 Å². The van der Waals surface area contributed by atoms with Gasteiger partial charge < -0.3 is 5.73 Å². The molecule has 1 aliphatic rings. The van der Waals surface area contributed by atoms with Crippen molar-refractivity contribution in [3.8, 4) is 0 Å². The fraction of sp³-hybridized carbons (Fsp3) is 0.909. The Morgan fingerprint density at radius 1 is 1.28 bits per heavy atom. The van der Waals surface area contributed by atoms with E-state index in [2.05, 4.69) is 4.90 Å². The lowest BCUT2D eigenvalue weighted by atomic mass is 10.1. The van der Waals surface area contributed by atoms with Crippen molar-refractivity contribution in [1.82, 2.24) is 9.80 Å². The van der Waals surface area contributed by atoms with Crippen LogP contribution in [0.5, 0.6) is 0 Å². The van der Waals surface area contributed by atoms with Gasteiger partial charge in [0, 0.05) is 38.6 Å².